The summed E-state index contributed by atoms with van der Waals surface area (Å²) in [6.45, 7) is 2.17. The molecule has 84 valence electrons. The molecule has 0 bridgehead atoms. The second kappa shape index (κ2) is 6.51. The van der Waals surface area contributed by atoms with Crippen LogP contribution in [-0.4, -0.2) is 9.97 Å². The molecule has 0 aliphatic rings. The van der Waals surface area contributed by atoms with Gasteiger partial charge in [-0.2, -0.15) is 0 Å². The molecular formula is C10H13Cl3N2. The van der Waals surface area contributed by atoms with Crippen molar-refractivity contribution in [3.05, 3.63) is 21.2 Å². The van der Waals surface area contributed by atoms with E-state index in [9.17, 15) is 0 Å². The molecule has 1 aromatic rings. The Kier molecular flexibility index (Phi) is 5.65. The molecule has 0 fully saturated rings. The maximum Gasteiger partial charge on any atom is 0.225 e. The van der Waals surface area contributed by atoms with Crippen LogP contribution in [0.1, 0.15) is 38.2 Å². The standard InChI is InChI=1S/C10H13Cl3N2/c1-2-3-4-5-6-7-8(11)14-10(13)15-9(7)12/h2-6H2,1H3. The number of halogens is 3. The van der Waals surface area contributed by atoms with Crippen LogP contribution in [0.25, 0.3) is 0 Å². The average Bonchev–Trinajstić information content (AvgIpc) is 2.15. The van der Waals surface area contributed by atoms with Crippen molar-refractivity contribution in [1.29, 1.82) is 0 Å². The van der Waals surface area contributed by atoms with Crippen LogP contribution >= 0.6 is 34.8 Å². The summed E-state index contributed by atoms with van der Waals surface area (Å²) in [7, 11) is 0. The SMILES string of the molecule is CCCCCCc1c(Cl)nc(Cl)nc1Cl. The first-order valence-corrected chi connectivity index (χ1v) is 6.16. The van der Waals surface area contributed by atoms with Crippen molar-refractivity contribution in [3.63, 3.8) is 0 Å². The maximum absolute atomic E-state index is 5.93. The Labute approximate surface area is 105 Å². The number of hydrogen-bond acceptors (Lipinski definition) is 2. The average molecular weight is 268 g/mol. The lowest BCUT2D eigenvalue weighted by Crippen LogP contribution is -1.95. The van der Waals surface area contributed by atoms with Crippen LogP contribution in [0.4, 0.5) is 0 Å². The van der Waals surface area contributed by atoms with Crippen LogP contribution in [0.2, 0.25) is 15.6 Å². The molecule has 0 amide bonds. The Hall–Kier alpha value is -0.0500. The zero-order valence-electron chi connectivity index (χ0n) is 8.56. The fraction of sp³-hybridized carbons (Fsp3) is 0.600. The molecule has 0 spiro atoms. The van der Waals surface area contributed by atoms with E-state index in [1.54, 1.807) is 0 Å². The molecule has 0 unspecified atom stereocenters. The molecule has 1 aromatic heterocycles. The summed E-state index contributed by atoms with van der Waals surface area (Å²) in [5.74, 6) is 0. The van der Waals surface area contributed by atoms with Gasteiger partial charge in [0.25, 0.3) is 0 Å². The van der Waals surface area contributed by atoms with E-state index in [-0.39, 0.29) is 5.28 Å². The zero-order chi connectivity index (χ0) is 11.3. The van der Waals surface area contributed by atoms with Gasteiger partial charge in [-0.25, -0.2) is 9.97 Å². The summed E-state index contributed by atoms with van der Waals surface area (Å²) in [6.07, 6.45) is 5.47. The highest BCUT2D eigenvalue weighted by Gasteiger charge is 2.09. The van der Waals surface area contributed by atoms with Gasteiger partial charge in [-0.15, -0.1) is 0 Å². The molecule has 0 aliphatic heterocycles. The topological polar surface area (TPSA) is 25.8 Å². The normalized spacial score (nSPS) is 10.7. The predicted molar refractivity (Wildman–Crippen MR) is 64.9 cm³/mol. The first-order valence-electron chi connectivity index (χ1n) is 5.02. The number of unbranched alkanes of at least 4 members (excludes halogenated alkanes) is 3. The number of nitrogens with zero attached hydrogens (tertiary/aromatic N) is 2. The van der Waals surface area contributed by atoms with Gasteiger partial charge in [0.05, 0.1) is 0 Å². The van der Waals surface area contributed by atoms with E-state index in [2.05, 4.69) is 16.9 Å². The predicted octanol–water partition coefficient (Wildman–Crippen LogP) is 4.56. The third-order valence-corrected chi connectivity index (χ3v) is 2.95. The van der Waals surface area contributed by atoms with E-state index >= 15 is 0 Å². The third-order valence-electron chi connectivity index (χ3n) is 2.16. The molecule has 0 atom stereocenters. The second-order valence-corrected chi connectivity index (χ2v) is 4.42. The van der Waals surface area contributed by atoms with Crippen molar-refractivity contribution >= 4 is 34.8 Å². The number of hydrogen-bond donors (Lipinski definition) is 0. The van der Waals surface area contributed by atoms with Gasteiger partial charge in [0.2, 0.25) is 5.28 Å². The number of aromatic nitrogens is 2. The van der Waals surface area contributed by atoms with Gasteiger partial charge in [-0.3, -0.25) is 0 Å². The van der Waals surface area contributed by atoms with E-state index in [0.717, 1.165) is 18.4 Å². The molecule has 5 heteroatoms. The first kappa shape index (κ1) is 13.0. The van der Waals surface area contributed by atoms with Crippen molar-refractivity contribution < 1.29 is 0 Å². The maximum atomic E-state index is 5.93. The fourth-order valence-corrected chi connectivity index (χ4v) is 2.17. The van der Waals surface area contributed by atoms with Gasteiger partial charge >= 0.3 is 0 Å². The summed E-state index contributed by atoms with van der Waals surface area (Å²) in [4.78, 5) is 7.74. The van der Waals surface area contributed by atoms with E-state index in [0.29, 0.717) is 10.3 Å². The largest absolute Gasteiger partial charge is 0.225 e. The summed E-state index contributed by atoms with van der Waals surface area (Å²) < 4.78 is 0. The van der Waals surface area contributed by atoms with Crippen LogP contribution in [0.3, 0.4) is 0 Å². The van der Waals surface area contributed by atoms with E-state index in [4.69, 9.17) is 34.8 Å². The lowest BCUT2D eigenvalue weighted by Gasteiger charge is -2.05. The molecule has 0 aromatic carbocycles. The van der Waals surface area contributed by atoms with Gasteiger partial charge < -0.3 is 0 Å². The Morgan fingerprint density at radius 2 is 1.53 bits per heavy atom. The van der Waals surface area contributed by atoms with Crippen molar-refractivity contribution in [1.82, 2.24) is 9.97 Å². The quantitative estimate of drug-likeness (QED) is 0.444. The van der Waals surface area contributed by atoms with Crippen molar-refractivity contribution in [3.8, 4) is 0 Å². The van der Waals surface area contributed by atoms with Gasteiger partial charge in [-0.1, -0.05) is 49.4 Å². The summed E-state index contributed by atoms with van der Waals surface area (Å²) in [5, 5.41) is 0.843. The molecule has 0 radical (unpaired) electrons. The molecular weight excluding hydrogens is 254 g/mol. The molecule has 0 saturated heterocycles. The van der Waals surface area contributed by atoms with Crippen molar-refractivity contribution in [2.24, 2.45) is 0 Å². The Bertz CT molecular complexity index is 305. The summed E-state index contributed by atoms with van der Waals surface area (Å²) >= 11 is 17.5. The van der Waals surface area contributed by atoms with Crippen molar-refractivity contribution in [2.45, 2.75) is 39.0 Å². The highest BCUT2D eigenvalue weighted by Crippen LogP contribution is 2.24. The Morgan fingerprint density at radius 1 is 0.933 bits per heavy atom. The molecule has 1 rings (SSSR count). The molecule has 0 aliphatic carbocycles. The first-order chi connectivity index (χ1) is 7.15. The van der Waals surface area contributed by atoms with Crippen LogP contribution in [0.5, 0.6) is 0 Å². The summed E-state index contributed by atoms with van der Waals surface area (Å²) in [5.41, 5.74) is 0.804. The van der Waals surface area contributed by atoms with E-state index in [1.165, 1.54) is 19.3 Å². The second-order valence-electron chi connectivity index (χ2n) is 3.36. The monoisotopic (exact) mass is 266 g/mol. The Morgan fingerprint density at radius 3 is 2.07 bits per heavy atom. The molecule has 2 nitrogen and oxygen atoms in total. The molecule has 1 heterocycles. The van der Waals surface area contributed by atoms with Gasteiger partial charge in [-0.05, 0) is 24.4 Å². The van der Waals surface area contributed by atoms with Crippen molar-refractivity contribution in [2.75, 3.05) is 0 Å². The minimum atomic E-state index is 0.0994. The van der Waals surface area contributed by atoms with Crippen LogP contribution < -0.4 is 0 Å². The fourth-order valence-electron chi connectivity index (χ4n) is 1.34. The molecule has 0 saturated carbocycles. The van der Waals surface area contributed by atoms with E-state index < -0.39 is 0 Å². The number of rotatable bonds is 5. The summed E-state index contributed by atoms with van der Waals surface area (Å²) in [6, 6.07) is 0. The zero-order valence-corrected chi connectivity index (χ0v) is 10.8. The third kappa shape index (κ3) is 4.13. The minimum Gasteiger partial charge on any atom is -0.206 e. The smallest absolute Gasteiger partial charge is 0.206 e. The Balaban J connectivity index is 2.60. The van der Waals surface area contributed by atoms with Gasteiger partial charge in [0.15, 0.2) is 0 Å². The van der Waals surface area contributed by atoms with Crippen LogP contribution in [-0.2, 0) is 6.42 Å². The minimum absolute atomic E-state index is 0.0994. The van der Waals surface area contributed by atoms with Crippen LogP contribution in [0, 0.1) is 0 Å². The highest BCUT2D eigenvalue weighted by molar-refractivity contribution is 6.36. The molecule has 0 N–H and O–H groups in total. The lowest BCUT2D eigenvalue weighted by atomic mass is 10.1. The highest BCUT2D eigenvalue weighted by atomic mass is 35.5. The van der Waals surface area contributed by atoms with Crippen LogP contribution in [0.15, 0.2) is 0 Å². The molecule has 15 heavy (non-hydrogen) atoms. The van der Waals surface area contributed by atoms with Gasteiger partial charge in [0, 0.05) is 5.56 Å². The van der Waals surface area contributed by atoms with E-state index in [1.807, 2.05) is 0 Å². The van der Waals surface area contributed by atoms with Gasteiger partial charge in [0.1, 0.15) is 10.3 Å². The lowest BCUT2D eigenvalue weighted by molar-refractivity contribution is 0.665.